The van der Waals surface area contributed by atoms with Gasteiger partial charge in [0, 0.05) is 12.8 Å². The van der Waals surface area contributed by atoms with Gasteiger partial charge in [-0.2, -0.15) is 0 Å². The van der Waals surface area contributed by atoms with Crippen LogP contribution in [0.5, 0.6) is 0 Å². The molecule has 9 heteroatoms. The summed E-state index contributed by atoms with van der Waals surface area (Å²) in [6, 6.07) is 0. The molecule has 2 unspecified atom stereocenters. The Morgan fingerprint density at radius 3 is 0.988 bits per heavy atom. The smallest absolute Gasteiger partial charge is 0.306 e. The maximum atomic E-state index is 12.9. The summed E-state index contributed by atoms with van der Waals surface area (Å²) in [4.78, 5) is 37.5. The number of quaternary nitrogens is 1. The fraction of sp³-hybridized carbons (Fsp3) is 0.875. The van der Waals surface area contributed by atoms with Crippen LogP contribution in [0.2, 0.25) is 0 Å². The van der Waals surface area contributed by atoms with Crippen molar-refractivity contribution in [1.29, 1.82) is 0 Å². The van der Waals surface area contributed by atoms with Crippen LogP contribution in [0.3, 0.4) is 0 Å². The highest BCUT2D eigenvalue weighted by Gasteiger charge is 2.22. The van der Waals surface area contributed by atoms with Gasteiger partial charge in [-0.25, -0.2) is 0 Å². The molecular weight excluding hydrogens is 1010 g/mol. The second-order valence-corrected chi connectivity index (χ2v) is 25.2. The number of aliphatic carboxylic acids is 1. The van der Waals surface area contributed by atoms with E-state index in [-0.39, 0.29) is 32.2 Å². The first-order valence-corrected chi connectivity index (χ1v) is 35.1. The highest BCUT2D eigenvalue weighted by atomic mass is 16.7. The number of likely N-dealkylation sites (N-methyl/N-ethyl adjacent to an activating group) is 1. The summed E-state index contributed by atoms with van der Waals surface area (Å²) in [6.07, 6.45) is 76.6. The Balaban J connectivity index is 4.06. The first-order valence-electron chi connectivity index (χ1n) is 35.1. The van der Waals surface area contributed by atoms with E-state index in [1.54, 1.807) is 0 Å². The van der Waals surface area contributed by atoms with Gasteiger partial charge in [-0.1, -0.05) is 301 Å². The number of carbonyl (C=O) groups excluding carboxylic acids is 3. The van der Waals surface area contributed by atoms with Crippen LogP contribution in [0, 0.1) is 0 Å². The molecule has 2 atom stereocenters. The molecule has 0 fully saturated rings. The Hall–Kier alpha value is -2.49. The number of hydrogen-bond donors (Lipinski definition) is 0. The van der Waals surface area contributed by atoms with Crippen molar-refractivity contribution in [2.24, 2.45) is 0 Å². The summed E-state index contributed by atoms with van der Waals surface area (Å²) >= 11 is 0. The molecule has 476 valence electrons. The maximum Gasteiger partial charge on any atom is 0.306 e. The molecule has 0 rings (SSSR count). The predicted octanol–water partition coefficient (Wildman–Crippen LogP) is 20.3. The van der Waals surface area contributed by atoms with E-state index in [4.69, 9.17) is 18.9 Å². The van der Waals surface area contributed by atoms with Crippen LogP contribution in [-0.2, 0) is 33.3 Å². The first kappa shape index (κ1) is 78.5. The molecule has 0 aliphatic rings. The van der Waals surface area contributed by atoms with Gasteiger partial charge in [-0.15, -0.1) is 0 Å². The molecule has 0 aromatic rings. The molecule has 0 radical (unpaired) electrons. The number of ether oxygens (including phenoxy) is 4. The topological polar surface area (TPSA) is 111 Å². The molecule has 0 amide bonds. The number of carboxylic acids is 1. The third-order valence-corrected chi connectivity index (χ3v) is 15.9. The lowest BCUT2D eigenvalue weighted by Gasteiger charge is -2.26. The van der Waals surface area contributed by atoms with E-state index in [0.717, 1.165) is 38.5 Å². The van der Waals surface area contributed by atoms with E-state index in [9.17, 15) is 19.5 Å². The summed E-state index contributed by atoms with van der Waals surface area (Å²) in [5, 5.41) is 11.8. The monoisotopic (exact) mass is 1140 g/mol. The molecule has 0 heterocycles. The molecule has 0 saturated heterocycles. The number of esters is 2. The number of hydrogen-bond acceptors (Lipinski definition) is 8. The number of carboxylic acid groups (broad SMARTS) is 1. The van der Waals surface area contributed by atoms with Crippen LogP contribution in [-0.4, -0.2) is 82.3 Å². The molecule has 0 aromatic heterocycles. The number of rotatable bonds is 66. The summed E-state index contributed by atoms with van der Waals surface area (Å²) in [5.41, 5.74) is 0. The minimum atomic E-state index is -1.62. The highest BCUT2D eigenvalue weighted by molar-refractivity contribution is 5.70. The molecule has 0 bridgehead atoms. The normalized spacial score (nSPS) is 12.9. The van der Waals surface area contributed by atoms with Crippen LogP contribution < -0.4 is 5.11 Å². The average molecular weight is 1140 g/mol. The van der Waals surface area contributed by atoms with Crippen molar-refractivity contribution in [2.75, 3.05) is 47.5 Å². The number of carbonyl (C=O) groups is 3. The average Bonchev–Trinajstić information content (AvgIpc) is 3.44. The molecular formula is C72H135NO8. The fourth-order valence-electron chi connectivity index (χ4n) is 10.4. The van der Waals surface area contributed by atoms with Crippen molar-refractivity contribution in [3.8, 4) is 0 Å². The van der Waals surface area contributed by atoms with Gasteiger partial charge < -0.3 is 33.3 Å². The lowest BCUT2D eigenvalue weighted by molar-refractivity contribution is -0.870. The molecule has 0 aliphatic carbocycles. The number of nitrogens with zero attached hydrogens (tertiary/aromatic N) is 1. The quantitative estimate of drug-likeness (QED) is 0.0195. The highest BCUT2D eigenvalue weighted by Crippen LogP contribution is 2.18. The third-order valence-electron chi connectivity index (χ3n) is 15.9. The summed E-state index contributed by atoms with van der Waals surface area (Å²) in [7, 11) is 5.94. The Morgan fingerprint density at radius 1 is 0.370 bits per heavy atom. The van der Waals surface area contributed by atoms with Gasteiger partial charge in [0.1, 0.15) is 13.2 Å². The standard InChI is InChI=1S/C72H135NO8/c1-6-8-10-12-14-16-18-20-22-24-26-28-30-32-33-34-35-36-37-39-40-42-44-46-48-50-52-54-56-58-60-62-69(74)79-66-68(67-80-72(71(76)77)78-65-64-73(3,4)5)81-70(75)63-61-59-57-55-53-51-49-47-45-43-41-38-31-29-27-25-23-21-19-17-15-13-11-9-7-2/h19,21,24-27,68,72H,6-18,20,22-23,28-67H2,1-5H3/b21-19-,26-24-,27-25-. The van der Waals surface area contributed by atoms with Crippen LogP contribution >= 0.6 is 0 Å². The Labute approximate surface area is 502 Å². The zero-order chi connectivity index (χ0) is 59.1. The van der Waals surface area contributed by atoms with Crippen LogP contribution in [0.15, 0.2) is 36.5 Å². The van der Waals surface area contributed by atoms with Gasteiger partial charge >= 0.3 is 11.9 Å². The van der Waals surface area contributed by atoms with Crippen molar-refractivity contribution in [3.05, 3.63) is 36.5 Å². The second kappa shape index (κ2) is 63.5. The first-order chi connectivity index (χ1) is 39.6. The van der Waals surface area contributed by atoms with Crippen molar-refractivity contribution in [1.82, 2.24) is 0 Å². The Kier molecular flexibility index (Phi) is 61.6. The predicted molar refractivity (Wildman–Crippen MR) is 343 cm³/mol. The van der Waals surface area contributed by atoms with Gasteiger partial charge in [0.2, 0.25) is 0 Å². The van der Waals surface area contributed by atoms with E-state index in [2.05, 4.69) is 50.3 Å². The van der Waals surface area contributed by atoms with Gasteiger partial charge in [0.05, 0.1) is 40.3 Å². The van der Waals surface area contributed by atoms with Crippen molar-refractivity contribution in [2.45, 2.75) is 360 Å². The molecule has 9 nitrogen and oxygen atoms in total. The molecule has 81 heavy (non-hydrogen) atoms. The van der Waals surface area contributed by atoms with Gasteiger partial charge in [0.15, 0.2) is 12.4 Å². The van der Waals surface area contributed by atoms with E-state index >= 15 is 0 Å². The van der Waals surface area contributed by atoms with Crippen molar-refractivity contribution >= 4 is 17.9 Å². The van der Waals surface area contributed by atoms with Gasteiger partial charge in [-0.05, 0) is 70.6 Å². The Bertz CT molecular complexity index is 1420. The minimum absolute atomic E-state index is 0.150. The van der Waals surface area contributed by atoms with E-state index in [1.807, 2.05) is 21.1 Å². The summed E-state index contributed by atoms with van der Waals surface area (Å²) in [5.74, 6) is -2.26. The SMILES string of the molecule is CCCCCCC/C=C\C/C=C\CCCCCCCCCCCCCCCC(=O)OC(COC(=O)CCCCCCCCCCCCCCCCCCCCC/C=C\CCCCCCCCCC)COC(OCC[N+](C)(C)C)C(=O)[O-]. The Morgan fingerprint density at radius 2 is 0.667 bits per heavy atom. The van der Waals surface area contributed by atoms with E-state index in [0.29, 0.717) is 23.9 Å². The lowest BCUT2D eigenvalue weighted by atomic mass is 10.0. The second-order valence-electron chi connectivity index (χ2n) is 25.2. The number of unbranched alkanes of at least 4 members (excludes halogenated alkanes) is 45. The molecule has 0 saturated carbocycles. The largest absolute Gasteiger partial charge is 0.545 e. The molecule has 0 aliphatic heterocycles. The van der Waals surface area contributed by atoms with Crippen LogP contribution in [0.4, 0.5) is 0 Å². The summed E-state index contributed by atoms with van der Waals surface area (Å²) < 4.78 is 22.8. The van der Waals surface area contributed by atoms with Gasteiger partial charge in [-0.3, -0.25) is 9.59 Å². The third kappa shape index (κ3) is 64.9. The molecule has 0 spiro atoms. The van der Waals surface area contributed by atoms with Gasteiger partial charge in [0.25, 0.3) is 0 Å². The van der Waals surface area contributed by atoms with E-state index < -0.39 is 24.3 Å². The van der Waals surface area contributed by atoms with Crippen molar-refractivity contribution < 1.29 is 42.9 Å². The van der Waals surface area contributed by atoms with Crippen molar-refractivity contribution in [3.63, 3.8) is 0 Å². The number of allylic oxidation sites excluding steroid dienone is 6. The zero-order valence-electron chi connectivity index (χ0n) is 54.4. The van der Waals surface area contributed by atoms with Crippen LogP contribution in [0.1, 0.15) is 348 Å². The molecule has 0 N–H and O–H groups in total. The maximum absolute atomic E-state index is 12.9. The van der Waals surface area contributed by atoms with Crippen LogP contribution in [0.25, 0.3) is 0 Å². The zero-order valence-corrected chi connectivity index (χ0v) is 54.4. The summed E-state index contributed by atoms with van der Waals surface area (Å²) in [6.45, 7) is 4.80. The lowest BCUT2D eigenvalue weighted by Crippen LogP contribution is -2.44. The molecule has 0 aromatic carbocycles. The fourth-order valence-corrected chi connectivity index (χ4v) is 10.4. The minimum Gasteiger partial charge on any atom is -0.545 e. The van der Waals surface area contributed by atoms with E-state index in [1.165, 1.54) is 276 Å².